The Morgan fingerprint density at radius 2 is 2.00 bits per heavy atom. The summed E-state index contributed by atoms with van der Waals surface area (Å²) in [5.41, 5.74) is 0. The first-order valence-electron chi connectivity index (χ1n) is 8.01. The molecule has 0 aromatic carbocycles. The Labute approximate surface area is 126 Å². The highest BCUT2D eigenvalue weighted by Crippen LogP contribution is 2.14. The van der Waals surface area contributed by atoms with Crippen molar-refractivity contribution in [1.82, 2.24) is 25.0 Å². The predicted molar refractivity (Wildman–Crippen MR) is 81.8 cm³/mol. The van der Waals surface area contributed by atoms with Crippen molar-refractivity contribution in [2.45, 2.75) is 53.1 Å². The number of carbonyl (C=O) groups excluding carboxylic acids is 1. The highest BCUT2D eigenvalue weighted by molar-refractivity contribution is 5.72. The van der Waals surface area contributed by atoms with Gasteiger partial charge in [0.05, 0.1) is 6.54 Å². The molecule has 0 radical (unpaired) electrons. The van der Waals surface area contributed by atoms with E-state index in [-0.39, 0.29) is 5.91 Å². The summed E-state index contributed by atoms with van der Waals surface area (Å²) in [7, 11) is 0. The van der Waals surface area contributed by atoms with E-state index in [1.807, 2.05) is 0 Å². The van der Waals surface area contributed by atoms with Gasteiger partial charge >= 0.3 is 0 Å². The van der Waals surface area contributed by atoms with E-state index in [0.29, 0.717) is 6.54 Å². The Hall–Kier alpha value is -1.43. The smallest absolute Gasteiger partial charge is 0.217 e. The first-order chi connectivity index (χ1) is 10.1. The zero-order valence-corrected chi connectivity index (χ0v) is 13.4. The summed E-state index contributed by atoms with van der Waals surface area (Å²) < 4.78 is 2.17. The van der Waals surface area contributed by atoms with Crippen LogP contribution in [0.5, 0.6) is 0 Å². The number of hydrogen-bond donors (Lipinski definition) is 1. The second kappa shape index (κ2) is 7.54. The Morgan fingerprint density at radius 1 is 1.24 bits per heavy atom. The second-order valence-electron chi connectivity index (χ2n) is 5.83. The van der Waals surface area contributed by atoms with Crippen molar-refractivity contribution >= 4 is 5.91 Å². The van der Waals surface area contributed by atoms with Crippen LogP contribution in [0.25, 0.3) is 0 Å². The van der Waals surface area contributed by atoms with Gasteiger partial charge in [-0.2, -0.15) is 0 Å². The van der Waals surface area contributed by atoms with Crippen molar-refractivity contribution in [2.75, 3.05) is 19.6 Å². The van der Waals surface area contributed by atoms with E-state index in [0.717, 1.165) is 43.6 Å². The molecule has 118 valence electrons. The fourth-order valence-corrected chi connectivity index (χ4v) is 2.86. The number of carbonyl (C=O) groups is 1. The molecule has 1 N–H and O–H groups in total. The minimum atomic E-state index is -0.0312. The van der Waals surface area contributed by atoms with Gasteiger partial charge in [0.15, 0.2) is 5.82 Å². The predicted octanol–water partition coefficient (Wildman–Crippen LogP) is 1.21. The fourth-order valence-electron chi connectivity index (χ4n) is 2.86. The minimum absolute atomic E-state index is 0.0312. The molecule has 2 heterocycles. The van der Waals surface area contributed by atoms with Crippen LogP contribution >= 0.6 is 0 Å². The van der Waals surface area contributed by atoms with Gasteiger partial charge in [-0.25, -0.2) is 0 Å². The fraction of sp³-hybridized carbons (Fsp3) is 0.800. The summed E-state index contributed by atoms with van der Waals surface area (Å²) in [6, 6.07) is 0. The number of rotatable bonds is 6. The SMILES string of the molecule is CCC(CC)CN1CCc2nnc(CNC(C)=O)n2CC1. The topological polar surface area (TPSA) is 63.1 Å². The second-order valence-corrected chi connectivity index (χ2v) is 5.83. The molecule has 6 nitrogen and oxygen atoms in total. The van der Waals surface area contributed by atoms with E-state index in [2.05, 4.69) is 38.8 Å². The Morgan fingerprint density at radius 3 is 2.67 bits per heavy atom. The molecule has 0 saturated heterocycles. The van der Waals surface area contributed by atoms with Crippen LogP contribution in [0.3, 0.4) is 0 Å². The lowest BCUT2D eigenvalue weighted by Gasteiger charge is -2.24. The van der Waals surface area contributed by atoms with E-state index >= 15 is 0 Å². The van der Waals surface area contributed by atoms with Gasteiger partial charge in [-0.3, -0.25) is 4.79 Å². The molecular formula is C15H27N5O. The van der Waals surface area contributed by atoms with Crippen LogP contribution in [0.1, 0.15) is 45.3 Å². The van der Waals surface area contributed by atoms with Crippen LogP contribution in [0.2, 0.25) is 0 Å². The third kappa shape index (κ3) is 4.27. The molecule has 0 fully saturated rings. The van der Waals surface area contributed by atoms with E-state index in [4.69, 9.17) is 0 Å². The van der Waals surface area contributed by atoms with E-state index in [9.17, 15) is 4.79 Å². The summed E-state index contributed by atoms with van der Waals surface area (Å²) in [5, 5.41) is 11.3. The third-order valence-corrected chi connectivity index (χ3v) is 4.36. The van der Waals surface area contributed by atoms with Gasteiger partial charge in [-0.05, 0) is 5.92 Å². The van der Waals surface area contributed by atoms with Crippen molar-refractivity contribution in [3.8, 4) is 0 Å². The normalized spacial score (nSPS) is 15.8. The Balaban J connectivity index is 1.96. The minimum Gasteiger partial charge on any atom is -0.349 e. The molecule has 0 spiro atoms. The molecule has 0 bridgehead atoms. The number of amides is 1. The number of aromatic nitrogens is 3. The molecule has 1 aliphatic heterocycles. The highest BCUT2D eigenvalue weighted by atomic mass is 16.1. The highest BCUT2D eigenvalue weighted by Gasteiger charge is 2.20. The maximum absolute atomic E-state index is 11.0. The average Bonchev–Trinajstić information content (AvgIpc) is 2.75. The molecular weight excluding hydrogens is 266 g/mol. The van der Waals surface area contributed by atoms with Crippen molar-refractivity contribution in [2.24, 2.45) is 5.92 Å². The maximum Gasteiger partial charge on any atom is 0.217 e. The van der Waals surface area contributed by atoms with Crippen LogP contribution in [-0.4, -0.2) is 45.2 Å². The average molecular weight is 293 g/mol. The molecule has 1 aromatic rings. The van der Waals surface area contributed by atoms with E-state index < -0.39 is 0 Å². The zero-order chi connectivity index (χ0) is 15.2. The molecule has 6 heteroatoms. The van der Waals surface area contributed by atoms with Gasteiger partial charge in [0.25, 0.3) is 0 Å². The maximum atomic E-state index is 11.0. The standard InChI is InChI=1S/C15H27N5O/c1-4-13(5-2)11-19-7-6-14-17-18-15(10-16-12(3)21)20(14)9-8-19/h13H,4-11H2,1-3H3,(H,16,21). The van der Waals surface area contributed by atoms with Gasteiger partial charge in [0.1, 0.15) is 5.82 Å². The molecule has 0 unspecified atom stereocenters. The van der Waals surface area contributed by atoms with Gasteiger partial charge in [-0.1, -0.05) is 26.7 Å². The quantitative estimate of drug-likeness (QED) is 0.856. The lowest BCUT2D eigenvalue weighted by molar-refractivity contribution is -0.119. The Bertz CT molecular complexity index is 467. The number of fused-ring (bicyclic) bond motifs is 1. The molecule has 0 saturated carbocycles. The van der Waals surface area contributed by atoms with Crippen molar-refractivity contribution in [1.29, 1.82) is 0 Å². The number of nitrogens with one attached hydrogen (secondary N) is 1. The summed E-state index contributed by atoms with van der Waals surface area (Å²) >= 11 is 0. The first-order valence-corrected chi connectivity index (χ1v) is 8.01. The zero-order valence-electron chi connectivity index (χ0n) is 13.4. The van der Waals surface area contributed by atoms with Crippen LogP contribution in [-0.2, 0) is 24.3 Å². The molecule has 21 heavy (non-hydrogen) atoms. The van der Waals surface area contributed by atoms with Crippen molar-refractivity contribution in [3.05, 3.63) is 11.6 Å². The summed E-state index contributed by atoms with van der Waals surface area (Å²) in [5.74, 6) is 2.66. The molecule has 0 atom stereocenters. The lowest BCUT2D eigenvalue weighted by atomic mass is 10.0. The summed E-state index contributed by atoms with van der Waals surface area (Å²) in [6.45, 7) is 10.7. The van der Waals surface area contributed by atoms with Gasteiger partial charge in [-0.15, -0.1) is 10.2 Å². The van der Waals surface area contributed by atoms with Crippen molar-refractivity contribution in [3.63, 3.8) is 0 Å². The van der Waals surface area contributed by atoms with E-state index in [1.165, 1.54) is 26.3 Å². The largest absolute Gasteiger partial charge is 0.349 e. The summed E-state index contributed by atoms with van der Waals surface area (Å²) in [6.07, 6.45) is 3.42. The third-order valence-electron chi connectivity index (χ3n) is 4.36. The van der Waals surface area contributed by atoms with E-state index in [1.54, 1.807) is 0 Å². The van der Waals surface area contributed by atoms with Gasteiger partial charge in [0, 0.05) is 39.5 Å². The Kier molecular flexibility index (Phi) is 5.73. The van der Waals surface area contributed by atoms with Crippen LogP contribution in [0.15, 0.2) is 0 Å². The molecule has 1 aromatic heterocycles. The summed E-state index contributed by atoms with van der Waals surface area (Å²) in [4.78, 5) is 13.6. The lowest BCUT2D eigenvalue weighted by Crippen LogP contribution is -2.32. The van der Waals surface area contributed by atoms with Gasteiger partial charge in [0.2, 0.25) is 5.91 Å². The molecule has 1 aliphatic rings. The van der Waals surface area contributed by atoms with Crippen molar-refractivity contribution < 1.29 is 4.79 Å². The van der Waals surface area contributed by atoms with Gasteiger partial charge < -0.3 is 14.8 Å². The van der Waals surface area contributed by atoms with Crippen LogP contribution in [0, 0.1) is 5.92 Å². The van der Waals surface area contributed by atoms with Crippen LogP contribution in [0.4, 0.5) is 0 Å². The first kappa shape index (κ1) is 15.9. The molecule has 2 rings (SSSR count). The molecule has 0 aliphatic carbocycles. The number of nitrogens with zero attached hydrogens (tertiary/aromatic N) is 4. The monoisotopic (exact) mass is 293 g/mol. The van der Waals surface area contributed by atoms with Crippen LogP contribution < -0.4 is 5.32 Å². The molecule has 1 amide bonds. The number of hydrogen-bond acceptors (Lipinski definition) is 4.